The van der Waals surface area contributed by atoms with Crippen LogP contribution < -0.4 is 0 Å². The van der Waals surface area contributed by atoms with Crippen LogP contribution in [0, 0.1) is 0 Å². The van der Waals surface area contributed by atoms with Crippen molar-refractivity contribution < 1.29 is 0 Å². The van der Waals surface area contributed by atoms with Gasteiger partial charge in [-0.25, -0.2) is 19.9 Å². The molecule has 0 radical (unpaired) electrons. The molecule has 0 amide bonds. The van der Waals surface area contributed by atoms with Crippen LogP contribution in [0.2, 0.25) is 0 Å². The van der Waals surface area contributed by atoms with Gasteiger partial charge in [0.1, 0.15) is 0 Å². The van der Waals surface area contributed by atoms with E-state index in [1.807, 2.05) is 91.0 Å². The van der Waals surface area contributed by atoms with Gasteiger partial charge >= 0.3 is 0 Å². The van der Waals surface area contributed by atoms with Gasteiger partial charge in [-0.3, -0.25) is 4.57 Å². The summed E-state index contributed by atoms with van der Waals surface area (Å²) in [5, 5.41) is 4.55. The summed E-state index contributed by atoms with van der Waals surface area (Å²) in [6, 6.07) is 79.2. The Morgan fingerprint density at radius 2 is 0.662 bits per heavy atom. The van der Waals surface area contributed by atoms with Gasteiger partial charge in [-0.2, -0.15) is 9.97 Å². The van der Waals surface area contributed by atoms with Crippen molar-refractivity contribution in [2.24, 2.45) is 0 Å². The van der Waals surface area contributed by atoms with E-state index in [0.29, 0.717) is 35.1 Å². The molecule has 0 saturated carbocycles. The molecule has 0 bridgehead atoms. The molecule has 13 rings (SSSR count). The third-order valence-corrected chi connectivity index (χ3v) is 12.7. The average molecular weight is 871 g/mol. The second-order valence-corrected chi connectivity index (χ2v) is 16.7. The van der Waals surface area contributed by atoms with Gasteiger partial charge in [-0.1, -0.05) is 188 Å². The molecule has 0 saturated heterocycles. The van der Waals surface area contributed by atoms with E-state index in [1.54, 1.807) is 0 Å². The fraction of sp³-hybridized carbons (Fsp3) is 0. The van der Waals surface area contributed by atoms with Crippen LogP contribution in [0.25, 0.3) is 123 Å². The molecule has 9 aromatic carbocycles. The molecule has 0 aliphatic heterocycles. The second-order valence-electron chi connectivity index (χ2n) is 16.7. The first kappa shape index (κ1) is 39.0. The summed E-state index contributed by atoms with van der Waals surface area (Å²) >= 11 is 0. The summed E-state index contributed by atoms with van der Waals surface area (Å²) in [5.41, 5.74) is 11.5. The molecule has 318 valence electrons. The first-order chi connectivity index (χ1) is 33.7. The molecule has 0 unspecified atom stereocenters. The predicted molar refractivity (Wildman–Crippen MR) is 275 cm³/mol. The van der Waals surface area contributed by atoms with Gasteiger partial charge in [0.2, 0.25) is 5.95 Å². The minimum atomic E-state index is 0.509. The zero-order valence-corrected chi connectivity index (χ0v) is 36.5. The van der Waals surface area contributed by atoms with E-state index < -0.39 is 0 Å². The summed E-state index contributed by atoms with van der Waals surface area (Å²) in [7, 11) is 0. The van der Waals surface area contributed by atoms with Gasteiger partial charge in [0.15, 0.2) is 29.1 Å². The molecule has 0 N–H and O–H groups in total. The van der Waals surface area contributed by atoms with Crippen LogP contribution in [0.4, 0.5) is 0 Å². The maximum atomic E-state index is 5.41. The van der Waals surface area contributed by atoms with Crippen molar-refractivity contribution in [3.8, 4) is 79.7 Å². The van der Waals surface area contributed by atoms with E-state index in [0.717, 1.165) is 88.2 Å². The average Bonchev–Trinajstić information content (AvgIpc) is 3.95. The SMILES string of the molecule is c1ccc(-c2nc(-c3ccccc3)nc(-c3cc(-c4nc(-c5ccccc5)nc(-n5c6ccccc6c6c(-c7ccccc7)cccc65)n4)ccc3-n3c4ccccc4c4ccccc43)n2)cc1. The Labute approximate surface area is 391 Å². The van der Waals surface area contributed by atoms with E-state index in [-0.39, 0.29) is 0 Å². The highest BCUT2D eigenvalue weighted by molar-refractivity contribution is 6.15. The third-order valence-electron chi connectivity index (χ3n) is 12.7. The molecule has 0 aliphatic rings. The third kappa shape index (κ3) is 6.62. The fourth-order valence-corrected chi connectivity index (χ4v) is 9.56. The van der Waals surface area contributed by atoms with Crippen LogP contribution >= 0.6 is 0 Å². The number of fused-ring (bicyclic) bond motifs is 6. The monoisotopic (exact) mass is 870 g/mol. The summed E-state index contributed by atoms with van der Waals surface area (Å²) in [4.78, 5) is 31.6. The number of rotatable bonds is 8. The van der Waals surface area contributed by atoms with Gasteiger partial charge < -0.3 is 4.57 Å². The lowest BCUT2D eigenvalue weighted by Gasteiger charge is -2.16. The smallest absolute Gasteiger partial charge is 0.238 e. The van der Waals surface area contributed by atoms with Gasteiger partial charge in [-0.15, -0.1) is 0 Å². The van der Waals surface area contributed by atoms with E-state index in [9.17, 15) is 0 Å². The van der Waals surface area contributed by atoms with Crippen molar-refractivity contribution in [1.29, 1.82) is 0 Å². The Kier molecular flexibility index (Phi) is 9.31. The quantitative estimate of drug-likeness (QED) is 0.151. The molecule has 13 aromatic rings. The Morgan fingerprint density at radius 1 is 0.250 bits per heavy atom. The van der Waals surface area contributed by atoms with Crippen LogP contribution in [0.1, 0.15) is 0 Å². The highest BCUT2D eigenvalue weighted by Gasteiger charge is 2.23. The van der Waals surface area contributed by atoms with Crippen molar-refractivity contribution in [1.82, 2.24) is 39.0 Å². The minimum Gasteiger partial charge on any atom is -0.309 e. The molecule has 0 aliphatic carbocycles. The van der Waals surface area contributed by atoms with Crippen molar-refractivity contribution >= 4 is 43.6 Å². The lowest BCUT2D eigenvalue weighted by atomic mass is 9.99. The fourth-order valence-electron chi connectivity index (χ4n) is 9.56. The zero-order valence-electron chi connectivity index (χ0n) is 36.5. The number of aromatic nitrogens is 8. The van der Waals surface area contributed by atoms with Crippen molar-refractivity contribution in [3.05, 3.63) is 231 Å². The molecule has 0 spiro atoms. The van der Waals surface area contributed by atoms with E-state index in [4.69, 9.17) is 29.9 Å². The number of hydrogen-bond donors (Lipinski definition) is 0. The predicted octanol–water partition coefficient (Wildman–Crippen LogP) is 14.3. The lowest BCUT2D eigenvalue weighted by molar-refractivity contribution is 0.953. The first-order valence-corrected chi connectivity index (χ1v) is 22.6. The summed E-state index contributed by atoms with van der Waals surface area (Å²) < 4.78 is 4.49. The Bertz CT molecular complexity index is 3900. The first-order valence-electron chi connectivity index (χ1n) is 22.6. The molecule has 0 fully saturated rings. The van der Waals surface area contributed by atoms with Crippen molar-refractivity contribution in [3.63, 3.8) is 0 Å². The summed E-state index contributed by atoms with van der Waals surface area (Å²) in [6.45, 7) is 0. The summed E-state index contributed by atoms with van der Waals surface area (Å²) in [5.74, 6) is 3.24. The van der Waals surface area contributed by atoms with Crippen molar-refractivity contribution in [2.75, 3.05) is 0 Å². The molecule has 4 aromatic heterocycles. The number of nitrogens with zero attached hydrogens (tertiary/aromatic N) is 8. The maximum absolute atomic E-state index is 5.41. The second kappa shape index (κ2) is 16.2. The number of para-hydroxylation sites is 3. The normalized spacial score (nSPS) is 11.5. The molecular weight excluding hydrogens is 833 g/mol. The largest absolute Gasteiger partial charge is 0.309 e. The number of benzene rings is 9. The van der Waals surface area contributed by atoms with Gasteiger partial charge in [0, 0.05) is 49.4 Å². The van der Waals surface area contributed by atoms with Gasteiger partial charge in [0.25, 0.3) is 0 Å². The van der Waals surface area contributed by atoms with Crippen LogP contribution in [-0.4, -0.2) is 39.0 Å². The van der Waals surface area contributed by atoms with Gasteiger partial charge in [-0.05, 0) is 53.6 Å². The maximum Gasteiger partial charge on any atom is 0.238 e. The molecule has 8 nitrogen and oxygen atoms in total. The topological polar surface area (TPSA) is 87.2 Å². The summed E-state index contributed by atoms with van der Waals surface area (Å²) in [6.07, 6.45) is 0. The number of hydrogen-bond acceptors (Lipinski definition) is 6. The standard InChI is InChI=1S/C60H38N8/c1-5-20-39(21-6-1)44-31-19-35-53-54(44)47-30-15-18-34-51(47)68(53)60-65-57(42-26-11-4-12-27-42)62-58(66-60)43-36-37-52(67-49-32-16-13-28-45(49)46-29-14-17-33-50(46)67)48(38-43)59-63-55(40-22-7-2-8-23-40)61-56(64-59)41-24-9-3-10-25-41/h1-38H. The minimum absolute atomic E-state index is 0.509. The molecule has 4 heterocycles. The Hall–Kier alpha value is -9.40. The van der Waals surface area contributed by atoms with Crippen LogP contribution in [0.3, 0.4) is 0 Å². The molecule has 8 heteroatoms. The molecule has 68 heavy (non-hydrogen) atoms. The highest BCUT2D eigenvalue weighted by atomic mass is 15.2. The highest BCUT2D eigenvalue weighted by Crippen LogP contribution is 2.41. The van der Waals surface area contributed by atoms with Crippen LogP contribution in [-0.2, 0) is 0 Å². The van der Waals surface area contributed by atoms with Crippen LogP contribution in [0.15, 0.2) is 231 Å². The molecule has 0 atom stereocenters. The van der Waals surface area contributed by atoms with Crippen LogP contribution in [0.5, 0.6) is 0 Å². The van der Waals surface area contributed by atoms with E-state index in [1.165, 1.54) is 0 Å². The van der Waals surface area contributed by atoms with E-state index >= 15 is 0 Å². The lowest BCUT2D eigenvalue weighted by Crippen LogP contribution is -2.07. The Morgan fingerprint density at radius 3 is 1.21 bits per heavy atom. The van der Waals surface area contributed by atoms with Crippen molar-refractivity contribution in [2.45, 2.75) is 0 Å². The zero-order chi connectivity index (χ0) is 45.0. The van der Waals surface area contributed by atoms with E-state index in [2.05, 4.69) is 149 Å². The molecular formula is C60H38N8. The van der Waals surface area contributed by atoms with Gasteiger partial charge in [0.05, 0.1) is 27.8 Å². The Balaban J connectivity index is 1.10.